The highest BCUT2D eigenvalue weighted by Crippen LogP contribution is 2.13. The lowest BCUT2D eigenvalue weighted by Gasteiger charge is -2.05. The van der Waals surface area contributed by atoms with Crippen LogP contribution in [-0.4, -0.2) is 24.5 Å². The molecule has 1 heterocycles. The van der Waals surface area contributed by atoms with E-state index >= 15 is 0 Å². The second kappa shape index (κ2) is 6.33. The summed E-state index contributed by atoms with van der Waals surface area (Å²) >= 11 is 1.66. The molecule has 4 nitrogen and oxygen atoms in total. The lowest BCUT2D eigenvalue weighted by Crippen LogP contribution is -2.25. The zero-order chi connectivity index (χ0) is 13.7. The number of rotatable bonds is 5. The first kappa shape index (κ1) is 13.5. The summed E-state index contributed by atoms with van der Waals surface area (Å²) in [6, 6.07) is 7.12. The van der Waals surface area contributed by atoms with Crippen molar-refractivity contribution >= 4 is 17.2 Å². The summed E-state index contributed by atoms with van der Waals surface area (Å²) in [4.78, 5) is 17.3. The van der Waals surface area contributed by atoms with Gasteiger partial charge in [0.15, 0.2) is 0 Å². The van der Waals surface area contributed by atoms with Gasteiger partial charge in [-0.2, -0.15) is 0 Å². The zero-order valence-corrected chi connectivity index (χ0v) is 11.8. The van der Waals surface area contributed by atoms with E-state index in [0.29, 0.717) is 17.9 Å². The number of hydrogen-bond donors (Lipinski definition) is 1. The summed E-state index contributed by atoms with van der Waals surface area (Å²) in [7, 11) is 1.59. The molecule has 0 radical (unpaired) electrons. The third-order valence-corrected chi connectivity index (χ3v) is 3.63. The van der Waals surface area contributed by atoms with Gasteiger partial charge in [0.25, 0.3) is 5.91 Å². The fourth-order valence-corrected chi connectivity index (χ4v) is 2.48. The summed E-state index contributed by atoms with van der Waals surface area (Å²) in [5.41, 5.74) is 0.611. The number of nitrogens with zero attached hydrogens (tertiary/aromatic N) is 1. The Kier molecular flexibility index (Phi) is 4.52. The Hall–Kier alpha value is -1.88. The lowest BCUT2D eigenvalue weighted by molar-refractivity contribution is 0.0954. The molecule has 0 bridgehead atoms. The van der Waals surface area contributed by atoms with Crippen LogP contribution >= 0.6 is 11.3 Å². The second-order valence-electron chi connectivity index (χ2n) is 4.08. The molecular formula is C14H16N2O2S. The third-order valence-electron chi connectivity index (χ3n) is 2.66. The third kappa shape index (κ3) is 3.79. The zero-order valence-electron chi connectivity index (χ0n) is 11.0. The Morgan fingerprint density at radius 2 is 2.32 bits per heavy atom. The molecule has 19 heavy (non-hydrogen) atoms. The summed E-state index contributed by atoms with van der Waals surface area (Å²) in [6.45, 7) is 2.58. The molecule has 0 saturated carbocycles. The highest BCUT2D eigenvalue weighted by atomic mass is 32.1. The van der Waals surface area contributed by atoms with Crippen molar-refractivity contribution in [2.45, 2.75) is 13.3 Å². The number of aromatic nitrogens is 1. The number of nitrogens with one attached hydrogen (secondary N) is 1. The molecule has 100 valence electrons. The number of aryl methyl sites for hydroxylation is 1. The van der Waals surface area contributed by atoms with Crippen LogP contribution in [0.5, 0.6) is 5.75 Å². The number of carbonyl (C=O) groups is 1. The van der Waals surface area contributed by atoms with E-state index in [1.165, 1.54) is 4.88 Å². The van der Waals surface area contributed by atoms with Crippen LogP contribution in [-0.2, 0) is 6.42 Å². The van der Waals surface area contributed by atoms with Crippen molar-refractivity contribution in [1.29, 1.82) is 0 Å². The van der Waals surface area contributed by atoms with Crippen LogP contribution in [0.3, 0.4) is 0 Å². The molecule has 0 aliphatic rings. The molecule has 0 unspecified atom stereocenters. The van der Waals surface area contributed by atoms with E-state index in [-0.39, 0.29) is 5.91 Å². The minimum absolute atomic E-state index is 0.0832. The average Bonchev–Trinajstić information content (AvgIpc) is 2.84. The van der Waals surface area contributed by atoms with Gasteiger partial charge in [-0.3, -0.25) is 4.79 Å². The van der Waals surface area contributed by atoms with E-state index in [2.05, 4.69) is 10.3 Å². The summed E-state index contributed by atoms with van der Waals surface area (Å²) in [5.74, 6) is 0.603. The number of benzene rings is 1. The van der Waals surface area contributed by atoms with Gasteiger partial charge in [0.2, 0.25) is 0 Å². The Labute approximate surface area is 116 Å². The monoisotopic (exact) mass is 276 g/mol. The van der Waals surface area contributed by atoms with Crippen molar-refractivity contribution in [2.75, 3.05) is 13.7 Å². The predicted octanol–water partition coefficient (Wildman–Crippen LogP) is 2.43. The van der Waals surface area contributed by atoms with E-state index in [1.807, 2.05) is 19.2 Å². The molecule has 0 saturated heterocycles. The molecular weight excluding hydrogens is 260 g/mol. The highest BCUT2D eigenvalue weighted by Gasteiger charge is 2.06. The van der Waals surface area contributed by atoms with E-state index in [9.17, 15) is 4.79 Å². The number of carbonyl (C=O) groups excluding carboxylic acids is 1. The average molecular weight is 276 g/mol. The van der Waals surface area contributed by atoms with Crippen molar-refractivity contribution < 1.29 is 9.53 Å². The topological polar surface area (TPSA) is 51.2 Å². The Bertz CT molecular complexity index is 566. The van der Waals surface area contributed by atoms with Gasteiger partial charge in [-0.25, -0.2) is 4.98 Å². The largest absolute Gasteiger partial charge is 0.497 e. The molecule has 0 spiro atoms. The SMILES string of the molecule is COc1cccc(C(=O)NCCc2cnc(C)s2)c1. The minimum Gasteiger partial charge on any atom is -0.497 e. The van der Waals surface area contributed by atoms with Crippen LogP contribution in [0.4, 0.5) is 0 Å². The normalized spacial score (nSPS) is 10.2. The van der Waals surface area contributed by atoms with Gasteiger partial charge in [-0.05, 0) is 25.1 Å². The van der Waals surface area contributed by atoms with Gasteiger partial charge in [0.05, 0.1) is 12.1 Å². The van der Waals surface area contributed by atoms with Gasteiger partial charge in [-0.15, -0.1) is 11.3 Å². The smallest absolute Gasteiger partial charge is 0.251 e. The van der Waals surface area contributed by atoms with Gasteiger partial charge in [0.1, 0.15) is 5.75 Å². The lowest BCUT2D eigenvalue weighted by atomic mass is 10.2. The fourth-order valence-electron chi connectivity index (χ4n) is 1.69. The number of ether oxygens (including phenoxy) is 1. The highest BCUT2D eigenvalue weighted by molar-refractivity contribution is 7.11. The van der Waals surface area contributed by atoms with Crippen molar-refractivity contribution in [3.8, 4) is 5.75 Å². The molecule has 0 fully saturated rings. The van der Waals surface area contributed by atoms with Crippen LogP contribution < -0.4 is 10.1 Å². The Morgan fingerprint density at radius 3 is 3.00 bits per heavy atom. The fraction of sp³-hybridized carbons (Fsp3) is 0.286. The standard InChI is InChI=1S/C14H16N2O2S/c1-10-16-9-13(19-10)6-7-15-14(17)11-4-3-5-12(8-11)18-2/h3-5,8-9H,6-7H2,1-2H3,(H,15,17). The van der Waals surface area contributed by atoms with Crippen molar-refractivity contribution in [3.63, 3.8) is 0 Å². The molecule has 1 N–H and O–H groups in total. The van der Waals surface area contributed by atoms with Crippen molar-refractivity contribution in [2.24, 2.45) is 0 Å². The maximum absolute atomic E-state index is 11.9. The molecule has 0 atom stereocenters. The van der Waals surface area contributed by atoms with E-state index < -0.39 is 0 Å². The van der Waals surface area contributed by atoms with Crippen LogP contribution in [0.25, 0.3) is 0 Å². The molecule has 1 aromatic carbocycles. The second-order valence-corrected chi connectivity index (χ2v) is 5.40. The molecule has 2 aromatic rings. The first-order valence-electron chi connectivity index (χ1n) is 6.02. The first-order valence-corrected chi connectivity index (χ1v) is 6.84. The van der Waals surface area contributed by atoms with E-state index in [0.717, 1.165) is 11.4 Å². The van der Waals surface area contributed by atoms with E-state index in [1.54, 1.807) is 36.6 Å². The van der Waals surface area contributed by atoms with Gasteiger partial charge >= 0.3 is 0 Å². The van der Waals surface area contributed by atoms with Gasteiger partial charge < -0.3 is 10.1 Å². The molecule has 1 aromatic heterocycles. The Morgan fingerprint density at radius 1 is 1.47 bits per heavy atom. The number of amides is 1. The van der Waals surface area contributed by atoms with E-state index in [4.69, 9.17) is 4.74 Å². The van der Waals surface area contributed by atoms with Gasteiger partial charge in [-0.1, -0.05) is 6.07 Å². The molecule has 5 heteroatoms. The molecule has 1 amide bonds. The van der Waals surface area contributed by atoms with Crippen LogP contribution in [0.15, 0.2) is 30.5 Å². The van der Waals surface area contributed by atoms with Crippen molar-refractivity contribution in [3.05, 3.63) is 45.9 Å². The summed E-state index contributed by atoms with van der Waals surface area (Å²) < 4.78 is 5.09. The Balaban J connectivity index is 1.87. The van der Waals surface area contributed by atoms with Crippen molar-refractivity contribution in [1.82, 2.24) is 10.3 Å². The van der Waals surface area contributed by atoms with Gasteiger partial charge in [0, 0.05) is 29.6 Å². The number of hydrogen-bond acceptors (Lipinski definition) is 4. The number of thiazole rings is 1. The maximum Gasteiger partial charge on any atom is 0.251 e. The van der Waals surface area contributed by atoms with Crippen LogP contribution in [0, 0.1) is 6.92 Å². The predicted molar refractivity (Wildman–Crippen MR) is 75.9 cm³/mol. The summed E-state index contributed by atoms with van der Waals surface area (Å²) in [5, 5.41) is 3.94. The maximum atomic E-state index is 11.9. The number of methoxy groups -OCH3 is 1. The molecule has 2 rings (SSSR count). The first-order chi connectivity index (χ1) is 9.19. The van der Waals surface area contributed by atoms with Crippen LogP contribution in [0.2, 0.25) is 0 Å². The minimum atomic E-state index is -0.0832. The quantitative estimate of drug-likeness (QED) is 0.912. The van der Waals surface area contributed by atoms with Crippen LogP contribution in [0.1, 0.15) is 20.2 Å². The summed E-state index contributed by atoms with van der Waals surface area (Å²) in [6.07, 6.45) is 2.67. The molecule has 0 aliphatic heterocycles. The molecule has 0 aliphatic carbocycles.